The van der Waals surface area contributed by atoms with Crippen LogP contribution in [-0.4, -0.2) is 40.4 Å². The summed E-state index contributed by atoms with van der Waals surface area (Å²) >= 11 is 0. The highest BCUT2D eigenvalue weighted by Crippen LogP contribution is 2.37. The zero-order chi connectivity index (χ0) is 13.3. The predicted molar refractivity (Wildman–Crippen MR) is 70.3 cm³/mol. The number of rotatable bonds is 4. The van der Waals surface area contributed by atoms with Crippen molar-refractivity contribution in [2.45, 2.75) is 37.2 Å². The zero-order valence-electron chi connectivity index (χ0n) is 10.8. The fourth-order valence-electron chi connectivity index (χ4n) is 2.30. The van der Waals surface area contributed by atoms with Gasteiger partial charge in [-0.05, 0) is 12.8 Å². The van der Waals surface area contributed by atoms with Crippen molar-refractivity contribution in [3.8, 4) is 0 Å². The van der Waals surface area contributed by atoms with Gasteiger partial charge in [-0.15, -0.1) is 0 Å². The summed E-state index contributed by atoms with van der Waals surface area (Å²) < 4.78 is 5.24. The molecule has 104 valence electrons. The summed E-state index contributed by atoms with van der Waals surface area (Å²) in [5, 5.41) is 13.4. The minimum absolute atomic E-state index is 0.140. The van der Waals surface area contributed by atoms with E-state index in [2.05, 4.69) is 15.3 Å². The van der Waals surface area contributed by atoms with Crippen molar-refractivity contribution in [3.05, 3.63) is 22.2 Å². The Balaban J connectivity index is 1.67. The van der Waals surface area contributed by atoms with Gasteiger partial charge in [-0.3, -0.25) is 4.79 Å². The molecule has 6 heteroatoms. The molecule has 1 saturated heterocycles. The molecule has 1 aliphatic heterocycles. The Morgan fingerprint density at radius 3 is 2.89 bits per heavy atom. The molecule has 19 heavy (non-hydrogen) atoms. The van der Waals surface area contributed by atoms with Crippen LogP contribution < -0.4 is 10.9 Å². The molecule has 1 saturated carbocycles. The summed E-state index contributed by atoms with van der Waals surface area (Å²) in [5.74, 6) is 1.71. The molecule has 0 bridgehead atoms. The van der Waals surface area contributed by atoms with Gasteiger partial charge in [0.1, 0.15) is 11.6 Å². The van der Waals surface area contributed by atoms with Gasteiger partial charge in [-0.2, -0.15) is 0 Å². The van der Waals surface area contributed by atoms with Crippen LogP contribution in [0.5, 0.6) is 0 Å². The Morgan fingerprint density at radius 1 is 1.47 bits per heavy atom. The third-order valence-corrected chi connectivity index (χ3v) is 3.75. The molecule has 3 rings (SSSR count). The van der Waals surface area contributed by atoms with E-state index in [1.807, 2.05) is 0 Å². The van der Waals surface area contributed by atoms with Gasteiger partial charge in [-0.1, -0.05) is 0 Å². The van der Waals surface area contributed by atoms with Gasteiger partial charge in [0.2, 0.25) is 0 Å². The molecule has 1 aromatic rings. The third kappa shape index (κ3) is 3.13. The summed E-state index contributed by atoms with van der Waals surface area (Å²) in [5.41, 5.74) is -0.902. The molecule has 0 amide bonds. The largest absolute Gasteiger partial charge is 0.388 e. The summed E-state index contributed by atoms with van der Waals surface area (Å²) in [6, 6.07) is 1.44. The van der Waals surface area contributed by atoms with Crippen LogP contribution in [0.3, 0.4) is 0 Å². The molecule has 1 aliphatic carbocycles. The van der Waals surface area contributed by atoms with Gasteiger partial charge in [0.25, 0.3) is 5.56 Å². The van der Waals surface area contributed by atoms with Gasteiger partial charge in [0.05, 0.1) is 5.60 Å². The molecule has 3 N–H and O–H groups in total. The van der Waals surface area contributed by atoms with E-state index in [0.717, 1.165) is 18.7 Å². The van der Waals surface area contributed by atoms with Crippen LogP contribution in [-0.2, 0) is 4.74 Å². The first-order valence-corrected chi connectivity index (χ1v) is 6.80. The van der Waals surface area contributed by atoms with Crippen LogP contribution in [0.2, 0.25) is 0 Å². The van der Waals surface area contributed by atoms with Crippen molar-refractivity contribution in [3.63, 3.8) is 0 Å². The van der Waals surface area contributed by atoms with Gasteiger partial charge in [0.15, 0.2) is 0 Å². The van der Waals surface area contributed by atoms with E-state index in [4.69, 9.17) is 4.74 Å². The number of nitrogens with zero attached hydrogens (tertiary/aromatic N) is 1. The van der Waals surface area contributed by atoms with E-state index < -0.39 is 5.60 Å². The third-order valence-electron chi connectivity index (χ3n) is 3.75. The quantitative estimate of drug-likeness (QED) is 0.742. The van der Waals surface area contributed by atoms with E-state index in [1.165, 1.54) is 6.07 Å². The number of hydrogen-bond donors (Lipinski definition) is 3. The van der Waals surface area contributed by atoms with Crippen molar-refractivity contribution in [2.75, 3.05) is 25.1 Å². The molecule has 2 aliphatic rings. The standard InChI is InChI=1S/C13H19N3O3/c17-11-7-10(15-12(16-11)9-1-2-9)14-8-13(18)3-5-19-6-4-13/h7,9,18H,1-6,8H2,(H2,14,15,16,17). The highest BCUT2D eigenvalue weighted by atomic mass is 16.5. The van der Waals surface area contributed by atoms with E-state index in [9.17, 15) is 9.90 Å². The molecule has 0 unspecified atom stereocenters. The predicted octanol–water partition coefficient (Wildman–Crippen LogP) is 0.601. The number of anilines is 1. The first kappa shape index (κ1) is 12.6. The average Bonchev–Trinajstić information content (AvgIpc) is 3.21. The molecule has 0 atom stereocenters. The second-order valence-electron chi connectivity index (χ2n) is 5.48. The smallest absolute Gasteiger partial charge is 0.252 e. The average molecular weight is 265 g/mol. The van der Waals surface area contributed by atoms with Crippen molar-refractivity contribution >= 4 is 5.82 Å². The Labute approximate surface area is 111 Å². The minimum atomic E-state index is -0.762. The van der Waals surface area contributed by atoms with Crippen LogP contribution in [0.15, 0.2) is 10.9 Å². The first-order chi connectivity index (χ1) is 9.15. The fraction of sp³-hybridized carbons (Fsp3) is 0.692. The SMILES string of the molecule is O=c1cc(NCC2(O)CCOCC2)nc(C2CC2)[nH]1. The number of aromatic amines is 1. The number of aliphatic hydroxyl groups is 1. The van der Waals surface area contributed by atoms with Gasteiger partial charge < -0.3 is 20.1 Å². The summed E-state index contributed by atoms with van der Waals surface area (Å²) in [6.45, 7) is 1.56. The van der Waals surface area contributed by atoms with Gasteiger partial charge in [-0.25, -0.2) is 4.98 Å². The van der Waals surface area contributed by atoms with Crippen molar-refractivity contribution in [1.29, 1.82) is 0 Å². The zero-order valence-corrected chi connectivity index (χ0v) is 10.8. The first-order valence-electron chi connectivity index (χ1n) is 6.80. The fourth-order valence-corrected chi connectivity index (χ4v) is 2.30. The van der Waals surface area contributed by atoms with Gasteiger partial charge in [0, 0.05) is 44.6 Å². The monoisotopic (exact) mass is 265 g/mol. The topological polar surface area (TPSA) is 87.2 Å². The Hall–Kier alpha value is -1.40. The number of aromatic nitrogens is 2. The number of ether oxygens (including phenoxy) is 1. The summed E-state index contributed by atoms with van der Waals surface area (Å²) in [4.78, 5) is 18.7. The molecule has 0 aromatic carbocycles. The maximum atomic E-state index is 11.6. The highest BCUT2D eigenvalue weighted by Gasteiger charge is 2.30. The van der Waals surface area contributed by atoms with Crippen LogP contribution in [0.25, 0.3) is 0 Å². The van der Waals surface area contributed by atoms with E-state index in [0.29, 0.717) is 44.3 Å². The van der Waals surface area contributed by atoms with E-state index >= 15 is 0 Å². The number of H-pyrrole nitrogens is 1. The Kier molecular flexibility index (Phi) is 3.28. The van der Waals surface area contributed by atoms with Crippen LogP contribution >= 0.6 is 0 Å². The van der Waals surface area contributed by atoms with Crippen LogP contribution in [0.4, 0.5) is 5.82 Å². The minimum Gasteiger partial charge on any atom is -0.388 e. The normalized spacial score (nSPS) is 22.2. The molecule has 6 nitrogen and oxygen atoms in total. The van der Waals surface area contributed by atoms with Crippen molar-refractivity contribution < 1.29 is 9.84 Å². The lowest BCUT2D eigenvalue weighted by Crippen LogP contribution is -2.42. The molecular weight excluding hydrogens is 246 g/mol. The lowest BCUT2D eigenvalue weighted by Gasteiger charge is -2.32. The van der Waals surface area contributed by atoms with Crippen LogP contribution in [0, 0.1) is 0 Å². The Morgan fingerprint density at radius 2 is 2.21 bits per heavy atom. The molecule has 2 heterocycles. The summed E-state index contributed by atoms with van der Waals surface area (Å²) in [6.07, 6.45) is 3.40. The molecular formula is C13H19N3O3. The highest BCUT2D eigenvalue weighted by molar-refractivity contribution is 5.34. The van der Waals surface area contributed by atoms with E-state index in [-0.39, 0.29) is 5.56 Å². The lowest BCUT2D eigenvalue weighted by molar-refractivity contribution is -0.0543. The second kappa shape index (κ2) is 4.94. The number of nitrogens with one attached hydrogen (secondary N) is 2. The van der Waals surface area contributed by atoms with Crippen LogP contribution in [0.1, 0.15) is 37.4 Å². The summed E-state index contributed by atoms with van der Waals surface area (Å²) in [7, 11) is 0. The Bertz CT molecular complexity index is 504. The second-order valence-corrected chi connectivity index (χ2v) is 5.48. The molecule has 1 aromatic heterocycles. The van der Waals surface area contributed by atoms with Crippen molar-refractivity contribution in [1.82, 2.24) is 9.97 Å². The maximum Gasteiger partial charge on any atom is 0.252 e. The maximum absolute atomic E-state index is 11.6. The lowest BCUT2D eigenvalue weighted by atomic mass is 9.94. The van der Waals surface area contributed by atoms with Gasteiger partial charge >= 0.3 is 0 Å². The number of hydrogen-bond acceptors (Lipinski definition) is 5. The van der Waals surface area contributed by atoms with Crippen molar-refractivity contribution in [2.24, 2.45) is 0 Å². The molecule has 0 spiro atoms. The van der Waals surface area contributed by atoms with E-state index in [1.54, 1.807) is 0 Å². The molecule has 0 radical (unpaired) electrons. The molecule has 2 fully saturated rings.